The summed E-state index contributed by atoms with van der Waals surface area (Å²) >= 11 is 0. The van der Waals surface area contributed by atoms with Gasteiger partial charge in [0.15, 0.2) is 6.61 Å². The molecule has 150 valence electrons. The van der Waals surface area contributed by atoms with Crippen LogP contribution in [0.5, 0.6) is 5.75 Å². The Morgan fingerprint density at radius 2 is 1.79 bits per heavy atom. The molecule has 0 bridgehead atoms. The van der Waals surface area contributed by atoms with Gasteiger partial charge in [0, 0.05) is 19.3 Å². The number of nitrogens with one attached hydrogen (secondary N) is 2. The van der Waals surface area contributed by atoms with Gasteiger partial charge in [0.05, 0.1) is 17.9 Å². The summed E-state index contributed by atoms with van der Waals surface area (Å²) in [4.78, 5) is 23.9. The van der Waals surface area contributed by atoms with E-state index in [9.17, 15) is 18.4 Å². The molecule has 2 N–H and O–H groups in total. The van der Waals surface area contributed by atoms with Crippen molar-refractivity contribution in [3.05, 3.63) is 54.1 Å². The topological polar surface area (TPSA) is 85.9 Å². The monoisotopic (exact) mass is 394 g/mol. The largest absolute Gasteiger partial charge is 0.452 e. The van der Waals surface area contributed by atoms with E-state index in [-0.39, 0.29) is 11.3 Å². The Balaban J connectivity index is 1.98. The number of carbonyl (C=O) groups is 2. The Labute approximate surface area is 160 Å². The second-order valence-electron chi connectivity index (χ2n) is 5.49. The number of anilines is 2. The normalized spacial score (nSPS) is 10.4. The molecule has 0 radical (unpaired) electrons. The number of hydrogen-bond donors (Lipinski definition) is 2. The van der Waals surface area contributed by atoms with Crippen LogP contribution in [0.2, 0.25) is 0 Å². The summed E-state index contributed by atoms with van der Waals surface area (Å²) in [5, 5.41) is 5.54. The van der Waals surface area contributed by atoms with Crippen LogP contribution in [0, 0.1) is 0 Å². The number of esters is 1. The minimum Gasteiger partial charge on any atom is -0.452 e. The molecule has 9 heteroatoms. The molecular weight excluding hydrogens is 374 g/mol. The zero-order valence-electron chi connectivity index (χ0n) is 15.1. The molecule has 0 aliphatic heterocycles. The molecule has 0 unspecified atom stereocenters. The van der Waals surface area contributed by atoms with E-state index >= 15 is 0 Å². The Bertz CT molecular complexity index is 784. The second-order valence-corrected chi connectivity index (χ2v) is 5.49. The van der Waals surface area contributed by atoms with Crippen molar-refractivity contribution < 1.29 is 32.6 Å². The summed E-state index contributed by atoms with van der Waals surface area (Å²) < 4.78 is 38.5. The van der Waals surface area contributed by atoms with Crippen LogP contribution >= 0.6 is 0 Å². The lowest BCUT2D eigenvalue weighted by Crippen LogP contribution is -2.31. The average molecular weight is 394 g/mol. The highest BCUT2D eigenvalue weighted by molar-refractivity contribution is 5.97. The minimum atomic E-state index is -2.90. The van der Waals surface area contributed by atoms with Gasteiger partial charge < -0.3 is 24.8 Å². The summed E-state index contributed by atoms with van der Waals surface area (Å²) in [5.74, 6) is -1.10. The van der Waals surface area contributed by atoms with Crippen LogP contribution in [0.3, 0.4) is 0 Å². The summed E-state index contributed by atoms with van der Waals surface area (Å²) in [6.07, 6.45) is 0. The van der Waals surface area contributed by atoms with E-state index in [0.29, 0.717) is 24.5 Å². The van der Waals surface area contributed by atoms with Crippen molar-refractivity contribution in [3.8, 4) is 5.75 Å². The Morgan fingerprint density at radius 3 is 2.46 bits per heavy atom. The number of benzene rings is 2. The predicted molar refractivity (Wildman–Crippen MR) is 98.0 cm³/mol. The van der Waals surface area contributed by atoms with Crippen molar-refractivity contribution in [3.63, 3.8) is 0 Å². The summed E-state index contributed by atoms with van der Waals surface area (Å²) in [6, 6.07) is 12.4. The van der Waals surface area contributed by atoms with E-state index in [1.54, 1.807) is 24.3 Å². The molecule has 2 rings (SSSR count). The fourth-order valence-electron chi connectivity index (χ4n) is 2.20. The quantitative estimate of drug-likeness (QED) is 0.476. The van der Waals surface area contributed by atoms with Crippen LogP contribution in [0.15, 0.2) is 48.5 Å². The SMILES string of the molecule is COCCNC(=O)COC(=O)c1ccccc1Nc1ccc(OC(F)F)cc1. The van der Waals surface area contributed by atoms with E-state index in [2.05, 4.69) is 15.4 Å². The zero-order chi connectivity index (χ0) is 20.4. The maximum atomic E-state index is 12.3. The standard InChI is InChI=1S/C19H20F2N2O5/c1-26-11-10-22-17(24)12-27-18(25)15-4-2-3-5-16(15)23-13-6-8-14(9-7-13)28-19(20)21/h2-9,19,23H,10-12H2,1H3,(H,22,24). The lowest BCUT2D eigenvalue weighted by molar-refractivity contribution is -0.124. The van der Waals surface area contributed by atoms with E-state index in [1.165, 1.54) is 31.4 Å². The Hall–Kier alpha value is -3.20. The molecule has 0 saturated carbocycles. The molecule has 0 saturated heterocycles. The molecule has 0 aromatic heterocycles. The first-order valence-corrected chi connectivity index (χ1v) is 8.33. The molecule has 0 atom stereocenters. The average Bonchev–Trinajstić information content (AvgIpc) is 2.68. The number of para-hydroxylation sites is 1. The molecule has 0 aliphatic rings. The highest BCUT2D eigenvalue weighted by Crippen LogP contribution is 2.24. The van der Waals surface area contributed by atoms with E-state index in [0.717, 1.165) is 0 Å². The van der Waals surface area contributed by atoms with E-state index in [1.807, 2.05) is 0 Å². The zero-order valence-corrected chi connectivity index (χ0v) is 15.1. The predicted octanol–water partition coefficient (Wildman–Crippen LogP) is 2.95. The van der Waals surface area contributed by atoms with Crippen molar-refractivity contribution in [2.24, 2.45) is 0 Å². The lowest BCUT2D eigenvalue weighted by Gasteiger charge is -2.12. The molecule has 0 spiro atoms. The molecule has 2 aromatic rings. The number of methoxy groups -OCH3 is 1. The van der Waals surface area contributed by atoms with Gasteiger partial charge in [-0.2, -0.15) is 8.78 Å². The second kappa shape index (κ2) is 10.8. The van der Waals surface area contributed by atoms with E-state index in [4.69, 9.17) is 9.47 Å². The van der Waals surface area contributed by atoms with E-state index < -0.39 is 25.1 Å². The van der Waals surface area contributed by atoms with Gasteiger partial charge in [0.2, 0.25) is 0 Å². The fraction of sp³-hybridized carbons (Fsp3) is 0.263. The number of ether oxygens (including phenoxy) is 3. The maximum absolute atomic E-state index is 12.3. The highest BCUT2D eigenvalue weighted by atomic mass is 19.3. The van der Waals surface area contributed by atoms with Gasteiger partial charge in [-0.25, -0.2) is 4.79 Å². The number of alkyl halides is 2. The van der Waals surface area contributed by atoms with Crippen LogP contribution in [-0.2, 0) is 14.3 Å². The first kappa shape index (κ1) is 21.1. The molecule has 7 nitrogen and oxygen atoms in total. The van der Waals surface area contributed by atoms with Crippen LogP contribution < -0.4 is 15.4 Å². The summed E-state index contributed by atoms with van der Waals surface area (Å²) in [5.41, 5.74) is 1.22. The maximum Gasteiger partial charge on any atom is 0.387 e. The smallest absolute Gasteiger partial charge is 0.387 e. The van der Waals surface area contributed by atoms with Crippen molar-refractivity contribution in [1.29, 1.82) is 0 Å². The number of rotatable bonds is 10. The number of halogens is 2. The van der Waals surface area contributed by atoms with Crippen molar-refractivity contribution in [2.75, 3.05) is 32.2 Å². The molecule has 1 amide bonds. The minimum absolute atomic E-state index is 0.0210. The highest BCUT2D eigenvalue weighted by Gasteiger charge is 2.14. The third-order valence-electron chi connectivity index (χ3n) is 3.47. The van der Waals surface area contributed by atoms with Crippen molar-refractivity contribution >= 4 is 23.3 Å². The van der Waals surface area contributed by atoms with Crippen LogP contribution in [0.1, 0.15) is 10.4 Å². The number of amides is 1. The Morgan fingerprint density at radius 1 is 1.07 bits per heavy atom. The first-order valence-electron chi connectivity index (χ1n) is 8.33. The molecule has 0 heterocycles. The van der Waals surface area contributed by atoms with Crippen LogP contribution in [0.25, 0.3) is 0 Å². The number of hydrogen-bond acceptors (Lipinski definition) is 6. The van der Waals surface area contributed by atoms with Gasteiger partial charge in [-0.3, -0.25) is 4.79 Å². The number of carbonyl (C=O) groups excluding carboxylic acids is 2. The van der Waals surface area contributed by atoms with Crippen LogP contribution in [0.4, 0.5) is 20.2 Å². The molecule has 0 aliphatic carbocycles. The lowest BCUT2D eigenvalue weighted by atomic mass is 10.1. The van der Waals surface area contributed by atoms with Gasteiger partial charge in [0.1, 0.15) is 5.75 Å². The van der Waals surface area contributed by atoms with Gasteiger partial charge in [-0.05, 0) is 36.4 Å². The third-order valence-corrected chi connectivity index (χ3v) is 3.47. The molecule has 28 heavy (non-hydrogen) atoms. The van der Waals surface area contributed by atoms with Crippen molar-refractivity contribution in [1.82, 2.24) is 5.32 Å². The van der Waals surface area contributed by atoms with Gasteiger partial charge in [-0.1, -0.05) is 12.1 Å². The molecule has 2 aromatic carbocycles. The van der Waals surface area contributed by atoms with Crippen molar-refractivity contribution in [2.45, 2.75) is 6.61 Å². The van der Waals surface area contributed by atoms with Gasteiger partial charge in [0.25, 0.3) is 5.91 Å². The third kappa shape index (κ3) is 6.84. The fourth-order valence-corrected chi connectivity index (χ4v) is 2.20. The molecular formula is C19H20F2N2O5. The first-order chi connectivity index (χ1) is 13.5. The summed E-state index contributed by atoms with van der Waals surface area (Å²) in [6.45, 7) is -2.65. The van der Waals surface area contributed by atoms with Crippen LogP contribution in [-0.4, -0.2) is 45.4 Å². The van der Waals surface area contributed by atoms with Gasteiger partial charge >= 0.3 is 12.6 Å². The molecule has 0 fully saturated rings. The summed E-state index contributed by atoms with van der Waals surface area (Å²) in [7, 11) is 1.51. The van der Waals surface area contributed by atoms with Gasteiger partial charge in [-0.15, -0.1) is 0 Å². The Kier molecular flexibility index (Phi) is 8.16.